The number of aryl methyl sites for hydroxylation is 1. The molecule has 0 spiro atoms. The maximum atomic E-state index is 12.0. The van der Waals surface area contributed by atoms with Gasteiger partial charge in [-0.2, -0.15) is 0 Å². The number of carbonyl (C=O) groups excluding carboxylic acids is 1. The zero-order valence-corrected chi connectivity index (χ0v) is 16.0. The number of pyridine rings is 1. The normalized spacial score (nSPS) is 21.5. The van der Waals surface area contributed by atoms with Gasteiger partial charge < -0.3 is 16.0 Å². The summed E-state index contributed by atoms with van der Waals surface area (Å²) in [5.74, 6) is -0.0196. The lowest BCUT2D eigenvalue weighted by Gasteiger charge is -2.31. The second-order valence-electron chi connectivity index (χ2n) is 7.00. The first kappa shape index (κ1) is 18.4. The van der Waals surface area contributed by atoms with Crippen molar-refractivity contribution in [3.8, 4) is 0 Å². The molecular weight excluding hydrogens is 376 g/mol. The van der Waals surface area contributed by atoms with Crippen molar-refractivity contribution in [3.05, 3.63) is 42.7 Å². The molecule has 0 bridgehead atoms. The molecule has 0 aliphatic carbocycles. The summed E-state index contributed by atoms with van der Waals surface area (Å²) in [5.41, 5.74) is 12.6. The SMILES string of the molecule is NC(=O)C1(CCCCn2cnc3c(N)nc4ccccc4c32)C=CC=NC1Cl. The van der Waals surface area contributed by atoms with Crippen molar-refractivity contribution in [2.24, 2.45) is 16.1 Å². The van der Waals surface area contributed by atoms with Gasteiger partial charge in [0.2, 0.25) is 5.91 Å². The molecule has 2 aromatic heterocycles. The summed E-state index contributed by atoms with van der Waals surface area (Å²) in [4.78, 5) is 25.0. The lowest BCUT2D eigenvalue weighted by Crippen LogP contribution is -2.43. The van der Waals surface area contributed by atoms with E-state index in [0.29, 0.717) is 17.8 Å². The Hall–Kier alpha value is -2.93. The largest absolute Gasteiger partial charge is 0.382 e. The van der Waals surface area contributed by atoms with E-state index in [1.807, 2.05) is 24.3 Å². The van der Waals surface area contributed by atoms with E-state index < -0.39 is 16.8 Å². The first-order chi connectivity index (χ1) is 13.5. The Labute approximate surface area is 167 Å². The predicted octanol–water partition coefficient (Wildman–Crippen LogP) is 3.01. The number of allylic oxidation sites excluding steroid dienone is 1. The molecule has 2 atom stereocenters. The van der Waals surface area contributed by atoms with Crippen LogP contribution in [0, 0.1) is 5.41 Å². The molecule has 28 heavy (non-hydrogen) atoms. The van der Waals surface area contributed by atoms with E-state index in [0.717, 1.165) is 35.8 Å². The number of carbonyl (C=O) groups is 1. The molecule has 8 heteroatoms. The summed E-state index contributed by atoms with van der Waals surface area (Å²) < 4.78 is 2.08. The number of halogens is 1. The van der Waals surface area contributed by atoms with E-state index in [9.17, 15) is 4.79 Å². The number of hydrogen-bond acceptors (Lipinski definition) is 5. The van der Waals surface area contributed by atoms with Crippen LogP contribution in [0.3, 0.4) is 0 Å². The highest BCUT2D eigenvalue weighted by atomic mass is 35.5. The van der Waals surface area contributed by atoms with Crippen LogP contribution in [0.2, 0.25) is 0 Å². The fourth-order valence-electron chi connectivity index (χ4n) is 3.75. The number of anilines is 1. The lowest BCUT2D eigenvalue weighted by atomic mass is 9.80. The molecule has 144 valence electrons. The maximum Gasteiger partial charge on any atom is 0.230 e. The summed E-state index contributed by atoms with van der Waals surface area (Å²) in [6, 6.07) is 7.88. The molecule has 3 aromatic rings. The molecular formula is C20H21ClN6O. The first-order valence-electron chi connectivity index (χ1n) is 9.17. The standard InChI is InChI=1S/C20H21ClN6O/c21-18-20(19(23)28,9-5-10-24-18)8-3-4-11-27-12-25-15-16(27)13-6-1-2-7-14(13)26-17(15)22/h1-2,5-7,9-10,12,18H,3-4,8,11H2,(H2,22,26)(H2,23,28). The highest BCUT2D eigenvalue weighted by molar-refractivity contribution is 6.23. The van der Waals surface area contributed by atoms with Crippen molar-refractivity contribution in [1.82, 2.24) is 14.5 Å². The van der Waals surface area contributed by atoms with Gasteiger partial charge in [-0.05, 0) is 25.0 Å². The molecule has 7 nitrogen and oxygen atoms in total. The Kier molecular flexibility index (Phi) is 4.77. The molecule has 4 rings (SSSR count). The Morgan fingerprint density at radius 3 is 2.89 bits per heavy atom. The monoisotopic (exact) mass is 396 g/mol. The van der Waals surface area contributed by atoms with E-state index in [1.54, 1.807) is 24.7 Å². The van der Waals surface area contributed by atoms with Gasteiger partial charge in [-0.3, -0.25) is 9.79 Å². The second-order valence-corrected chi connectivity index (χ2v) is 7.42. The van der Waals surface area contributed by atoms with Gasteiger partial charge in [0.25, 0.3) is 0 Å². The van der Waals surface area contributed by atoms with Crippen LogP contribution in [-0.2, 0) is 11.3 Å². The van der Waals surface area contributed by atoms with E-state index >= 15 is 0 Å². The Balaban J connectivity index is 1.53. The van der Waals surface area contributed by atoms with Crippen LogP contribution < -0.4 is 11.5 Å². The number of hydrogen-bond donors (Lipinski definition) is 2. The number of benzene rings is 1. The van der Waals surface area contributed by atoms with E-state index in [-0.39, 0.29) is 0 Å². The number of fused-ring (bicyclic) bond motifs is 3. The van der Waals surface area contributed by atoms with Gasteiger partial charge >= 0.3 is 0 Å². The predicted molar refractivity (Wildman–Crippen MR) is 112 cm³/mol. The third-order valence-corrected chi connectivity index (χ3v) is 5.80. The van der Waals surface area contributed by atoms with Gasteiger partial charge in [-0.15, -0.1) is 0 Å². The smallest absolute Gasteiger partial charge is 0.230 e. The van der Waals surface area contributed by atoms with Crippen molar-refractivity contribution in [1.29, 1.82) is 0 Å². The Bertz CT molecular complexity index is 1100. The number of nitrogens with zero attached hydrogens (tertiary/aromatic N) is 4. The minimum absolute atomic E-state index is 0.426. The van der Waals surface area contributed by atoms with Gasteiger partial charge in [-0.25, -0.2) is 9.97 Å². The van der Waals surface area contributed by atoms with Crippen molar-refractivity contribution in [3.63, 3.8) is 0 Å². The van der Waals surface area contributed by atoms with Gasteiger partial charge in [0.15, 0.2) is 5.82 Å². The van der Waals surface area contributed by atoms with Gasteiger partial charge in [-0.1, -0.05) is 42.3 Å². The number of rotatable bonds is 6. The van der Waals surface area contributed by atoms with Gasteiger partial charge in [0.1, 0.15) is 16.4 Å². The molecule has 1 aromatic carbocycles. The number of unbranched alkanes of at least 4 members (excludes halogenated alkanes) is 1. The number of primary amides is 1. The minimum atomic E-state index is -0.936. The quantitative estimate of drug-likeness (QED) is 0.378. The zero-order chi connectivity index (χ0) is 19.7. The number of nitrogens with two attached hydrogens (primary N) is 2. The molecule has 1 aliphatic heterocycles. The van der Waals surface area contributed by atoms with E-state index in [2.05, 4.69) is 19.5 Å². The second kappa shape index (κ2) is 7.24. The van der Waals surface area contributed by atoms with Crippen molar-refractivity contribution in [2.45, 2.75) is 31.3 Å². The van der Waals surface area contributed by atoms with E-state index in [4.69, 9.17) is 23.1 Å². The molecule has 2 unspecified atom stereocenters. The molecule has 0 saturated carbocycles. The van der Waals surface area contributed by atoms with Crippen molar-refractivity contribution in [2.75, 3.05) is 5.73 Å². The molecule has 0 fully saturated rings. The van der Waals surface area contributed by atoms with Gasteiger partial charge in [0.05, 0.1) is 17.4 Å². The third kappa shape index (κ3) is 3.01. The molecule has 0 saturated heterocycles. The number of aromatic nitrogens is 3. The average Bonchev–Trinajstić information content (AvgIpc) is 3.11. The van der Waals surface area contributed by atoms with Crippen LogP contribution in [0.4, 0.5) is 5.82 Å². The van der Waals surface area contributed by atoms with Crippen LogP contribution in [0.15, 0.2) is 47.7 Å². The number of dihydropyridines is 1. The van der Waals surface area contributed by atoms with E-state index in [1.165, 1.54) is 0 Å². The molecule has 1 amide bonds. The summed E-state index contributed by atoms with van der Waals surface area (Å²) in [6.07, 6.45) is 9.03. The first-order valence-corrected chi connectivity index (χ1v) is 9.60. The third-order valence-electron chi connectivity index (χ3n) is 5.30. The molecule has 0 radical (unpaired) electrons. The van der Waals surface area contributed by atoms with Gasteiger partial charge in [0, 0.05) is 18.1 Å². The highest BCUT2D eigenvalue weighted by Gasteiger charge is 2.41. The minimum Gasteiger partial charge on any atom is -0.382 e. The number of nitrogen functional groups attached to an aromatic ring is 1. The average molecular weight is 397 g/mol. The summed E-state index contributed by atoms with van der Waals surface area (Å²) in [7, 11) is 0. The number of amides is 1. The van der Waals surface area contributed by atoms with Crippen LogP contribution >= 0.6 is 11.6 Å². The molecule has 1 aliphatic rings. The number of alkyl halides is 1. The van der Waals surface area contributed by atoms with Crippen molar-refractivity contribution >= 4 is 51.5 Å². The topological polar surface area (TPSA) is 112 Å². The number of aliphatic imine (C=N–C) groups is 1. The highest BCUT2D eigenvalue weighted by Crippen LogP contribution is 2.36. The fraction of sp³-hybridized carbons (Fsp3) is 0.300. The number of imidazole rings is 1. The summed E-state index contributed by atoms with van der Waals surface area (Å²) in [5, 5.41) is 1.02. The Morgan fingerprint density at radius 1 is 1.29 bits per heavy atom. The molecule has 4 N–H and O–H groups in total. The Morgan fingerprint density at radius 2 is 2.11 bits per heavy atom. The van der Waals surface area contributed by atoms with Crippen molar-refractivity contribution < 1.29 is 4.79 Å². The fourth-order valence-corrected chi connectivity index (χ4v) is 4.11. The van der Waals surface area contributed by atoms with Crippen LogP contribution in [0.1, 0.15) is 19.3 Å². The maximum absolute atomic E-state index is 12.0. The summed E-state index contributed by atoms with van der Waals surface area (Å²) >= 11 is 6.29. The summed E-state index contributed by atoms with van der Waals surface area (Å²) in [6.45, 7) is 0.735. The van der Waals surface area contributed by atoms with Crippen LogP contribution in [0.25, 0.3) is 21.9 Å². The zero-order valence-electron chi connectivity index (χ0n) is 15.3. The lowest BCUT2D eigenvalue weighted by molar-refractivity contribution is -0.125. The molecule has 3 heterocycles. The number of para-hydroxylation sites is 1. The van der Waals surface area contributed by atoms with Crippen LogP contribution in [0.5, 0.6) is 0 Å². The van der Waals surface area contributed by atoms with Crippen LogP contribution in [-0.4, -0.2) is 32.2 Å².